The van der Waals surface area contributed by atoms with Crippen molar-refractivity contribution in [3.63, 3.8) is 0 Å². The van der Waals surface area contributed by atoms with Gasteiger partial charge in [-0.2, -0.15) is 0 Å². The molecule has 0 heterocycles. The molecular weight excluding hydrogens is 360 g/mol. The van der Waals surface area contributed by atoms with Crippen molar-refractivity contribution in [3.05, 3.63) is 64.7 Å². The van der Waals surface area contributed by atoms with Gasteiger partial charge in [-0.15, -0.1) is 0 Å². The summed E-state index contributed by atoms with van der Waals surface area (Å²) < 4.78 is 25.7. The van der Waals surface area contributed by atoms with Crippen molar-refractivity contribution in [3.8, 4) is 0 Å². The van der Waals surface area contributed by atoms with Gasteiger partial charge in [0.05, 0.1) is 11.9 Å². The van der Waals surface area contributed by atoms with Gasteiger partial charge in [-0.05, 0) is 37.1 Å². The molecule has 0 saturated heterocycles. The zero-order valence-corrected chi connectivity index (χ0v) is 15.9. The molecular formula is C18H21ClN2O3S. The number of halogens is 1. The lowest BCUT2D eigenvalue weighted by molar-refractivity contribution is -0.122. The summed E-state index contributed by atoms with van der Waals surface area (Å²) >= 11 is 6.01. The number of nitrogens with one attached hydrogen (secondary N) is 1. The highest BCUT2D eigenvalue weighted by Gasteiger charge is 2.30. The number of carbonyl (C=O) groups excluding carboxylic acids is 1. The van der Waals surface area contributed by atoms with Gasteiger partial charge in [0.1, 0.15) is 6.04 Å². The number of rotatable bonds is 6. The van der Waals surface area contributed by atoms with Crippen molar-refractivity contribution in [2.75, 3.05) is 10.6 Å². The monoisotopic (exact) mass is 380 g/mol. The van der Waals surface area contributed by atoms with Crippen molar-refractivity contribution in [1.82, 2.24) is 5.32 Å². The molecule has 0 radical (unpaired) electrons. The summed E-state index contributed by atoms with van der Waals surface area (Å²) in [5.41, 5.74) is 2.06. The Kier molecular flexibility index (Phi) is 6.08. The molecule has 0 aliphatic heterocycles. The van der Waals surface area contributed by atoms with Crippen molar-refractivity contribution in [1.29, 1.82) is 0 Å². The minimum absolute atomic E-state index is 0.330. The van der Waals surface area contributed by atoms with E-state index < -0.39 is 16.1 Å². The Balaban J connectivity index is 2.25. The Morgan fingerprint density at radius 2 is 1.84 bits per heavy atom. The number of amides is 1. The zero-order chi connectivity index (χ0) is 18.6. The van der Waals surface area contributed by atoms with Crippen molar-refractivity contribution in [2.24, 2.45) is 0 Å². The van der Waals surface area contributed by atoms with Gasteiger partial charge in [0.15, 0.2) is 0 Å². The molecule has 2 aromatic rings. The van der Waals surface area contributed by atoms with E-state index in [-0.39, 0.29) is 5.91 Å². The average Bonchev–Trinajstić information content (AvgIpc) is 2.55. The summed E-state index contributed by atoms with van der Waals surface area (Å²) in [7, 11) is -3.67. The van der Waals surface area contributed by atoms with E-state index in [0.29, 0.717) is 17.3 Å². The van der Waals surface area contributed by atoms with Crippen LogP contribution in [0.15, 0.2) is 48.5 Å². The lowest BCUT2D eigenvalue weighted by Crippen LogP contribution is -2.48. The molecule has 0 aliphatic rings. The summed E-state index contributed by atoms with van der Waals surface area (Å²) in [4.78, 5) is 12.5. The summed E-state index contributed by atoms with van der Waals surface area (Å²) in [6.07, 6.45) is 1.08. The van der Waals surface area contributed by atoms with E-state index in [1.165, 1.54) is 0 Å². The molecule has 1 N–H and O–H groups in total. The lowest BCUT2D eigenvalue weighted by Gasteiger charge is -2.29. The van der Waals surface area contributed by atoms with Crippen LogP contribution in [0.25, 0.3) is 0 Å². The molecule has 0 aromatic heterocycles. The molecule has 0 bridgehead atoms. The minimum atomic E-state index is -3.67. The fourth-order valence-electron chi connectivity index (χ4n) is 2.53. The zero-order valence-electron chi connectivity index (χ0n) is 14.4. The predicted molar refractivity (Wildman–Crippen MR) is 101 cm³/mol. The van der Waals surface area contributed by atoms with E-state index in [9.17, 15) is 13.2 Å². The van der Waals surface area contributed by atoms with Crippen LogP contribution in [0.1, 0.15) is 18.1 Å². The summed E-state index contributed by atoms with van der Waals surface area (Å²) in [5, 5.41) is 3.19. The predicted octanol–water partition coefficient (Wildman–Crippen LogP) is 3.12. The van der Waals surface area contributed by atoms with E-state index in [4.69, 9.17) is 11.6 Å². The highest BCUT2D eigenvalue weighted by atomic mass is 35.5. The maximum Gasteiger partial charge on any atom is 0.243 e. The first-order chi connectivity index (χ1) is 11.7. The van der Waals surface area contributed by atoms with Gasteiger partial charge < -0.3 is 5.32 Å². The average molecular weight is 381 g/mol. The standard InChI is InChI=1S/C18H21ClN2O3S/c1-13-9-10-16(19)11-17(13)21(25(3,23)24)14(2)18(22)20-12-15-7-5-4-6-8-15/h4-11,14H,12H2,1-3H3,(H,20,22)/t14-/m0/s1. The van der Waals surface area contributed by atoms with Crippen molar-refractivity contribution in [2.45, 2.75) is 26.4 Å². The summed E-state index contributed by atoms with van der Waals surface area (Å²) in [5.74, 6) is -0.381. The van der Waals surface area contributed by atoms with Crippen molar-refractivity contribution >= 4 is 33.2 Å². The van der Waals surface area contributed by atoms with E-state index in [1.54, 1.807) is 32.0 Å². The maximum atomic E-state index is 12.5. The Morgan fingerprint density at radius 3 is 2.44 bits per heavy atom. The fourth-order valence-corrected chi connectivity index (χ4v) is 3.92. The van der Waals surface area contributed by atoms with E-state index >= 15 is 0 Å². The number of nitrogens with zero attached hydrogens (tertiary/aromatic N) is 1. The second-order valence-electron chi connectivity index (χ2n) is 5.87. The molecule has 0 spiro atoms. The Hall–Kier alpha value is -2.05. The third-order valence-corrected chi connectivity index (χ3v) is 5.27. The Labute approximate surface area is 153 Å². The topological polar surface area (TPSA) is 66.5 Å². The largest absolute Gasteiger partial charge is 0.350 e. The number of carbonyl (C=O) groups is 1. The summed E-state index contributed by atoms with van der Waals surface area (Å²) in [6.45, 7) is 3.66. The summed E-state index contributed by atoms with van der Waals surface area (Å²) in [6, 6.07) is 13.5. The van der Waals surface area contributed by atoms with E-state index in [0.717, 1.165) is 21.7 Å². The third kappa shape index (κ3) is 4.96. The molecule has 1 amide bonds. The van der Waals surface area contributed by atoms with Crippen LogP contribution in [0.2, 0.25) is 5.02 Å². The van der Waals surface area contributed by atoms with Crippen LogP contribution in [-0.2, 0) is 21.4 Å². The van der Waals surface area contributed by atoms with Gasteiger partial charge in [0.25, 0.3) is 0 Å². The Bertz CT molecular complexity index is 854. The minimum Gasteiger partial charge on any atom is -0.350 e. The maximum absolute atomic E-state index is 12.5. The van der Waals surface area contributed by atoms with Gasteiger partial charge in [0, 0.05) is 11.6 Å². The number of aryl methyl sites for hydroxylation is 1. The van der Waals surface area contributed by atoms with Crippen LogP contribution in [0.3, 0.4) is 0 Å². The van der Waals surface area contributed by atoms with Gasteiger partial charge >= 0.3 is 0 Å². The van der Waals surface area contributed by atoms with Gasteiger partial charge in [-0.1, -0.05) is 48.0 Å². The second kappa shape index (κ2) is 7.89. The Morgan fingerprint density at radius 1 is 1.20 bits per heavy atom. The van der Waals surface area contributed by atoms with Crippen LogP contribution < -0.4 is 9.62 Å². The van der Waals surface area contributed by atoms with Crippen molar-refractivity contribution < 1.29 is 13.2 Å². The van der Waals surface area contributed by atoms with Gasteiger partial charge in [0.2, 0.25) is 15.9 Å². The molecule has 25 heavy (non-hydrogen) atoms. The van der Waals surface area contributed by atoms with Crippen LogP contribution in [-0.4, -0.2) is 26.6 Å². The van der Waals surface area contributed by atoms with E-state index in [2.05, 4.69) is 5.32 Å². The molecule has 2 aromatic carbocycles. The second-order valence-corrected chi connectivity index (χ2v) is 8.16. The number of hydrogen-bond donors (Lipinski definition) is 1. The lowest BCUT2D eigenvalue weighted by atomic mass is 10.1. The molecule has 0 unspecified atom stereocenters. The molecule has 134 valence electrons. The highest BCUT2D eigenvalue weighted by Crippen LogP contribution is 2.28. The first-order valence-corrected chi connectivity index (χ1v) is 10.00. The number of hydrogen-bond acceptors (Lipinski definition) is 3. The number of sulfonamides is 1. The molecule has 5 nitrogen and oxygen atoms in total. The third-order valence-electron chi connectivity index (χ3n) is 3.81. The molecule has 7 heteroatoms. The molecule has 1 atom stereocenters. The smallest absolute Gasteiger partial charge is 0.243 e. The fraction of sp³-hybridized carbons (Fsp3) is 0.278. The number of anilines is 1. The SMILES string of the molecule is Cc1ccc(Cl)cc1N([C@@H](C)C(=O)NCc1ccccc1)S(C)(=O)=O. The van der Waals surface area contributed by atoms with Crippen LogP contribution in [0.4, 0.5) is 5.69 Å². The van der Waals surface area contributed by atoms with Crippen LogP contribution in [0, 0.1) is 6.92 Å². The van der Waals surface area contributed by atoms with Gasteiger partial charge in [-0.25, -0.2) is 8.42 Å². The van der Waals surface area contributed by atoms with E-state index in [1.807, 2.05) is 30.3 Å². The molecule has 0 saturated carbocycles. The van der Waals surface area contributed by atoms with Crippen LogP contribution >= 0.6 is 11.6 Å². The first-order valence-electron chi connectivity index (χ1n) is 7.77. The molecule has 0 aliphatic carbocycles. The highest BCUT2D eigenvalue weighted by molar-refractivity contribution is 7.92. The normalized spacial score (nSPS) is 12.5. The van der Waals surface area contributed by atoms with Crippen LogP contribution in [0.5, 0.6) is 0 Å². The van der Waals surface area contributed by atoms with Gasteiger partial charge in [-0.3, -0.25) is 9.10 Å². The molecule has 2 rings (SSSR count). The quantitative estimate of drug-likeness (QED) is 0.837. The molecule has 0 fully saturated rings. The first kappa shape index (κ1) is 19.3. The number of benzene rings is 2.